The Morgan fingerprint density at radius 3 is 2.57 bits per heavy atom. The SMILES string of the molecule is C[C@H]1CCc2c(-c3nc(N[C@@H]4CCN(S(C)(=O)=O)C[C@H]4O)ncc3F)cc(F)c3nc(C(C)(C)O)n1c23. The van der Waals surface area contributed by atoms with Crippen LogP contribution in [-0.2, 0) is 22.0 Å². The van der Waals surface area contributed by atoms with Crippen LogP contribution in [-0.4, -0.2) is 73.9 Å². The molecule has 2 aliphatic heterocycles. The summed E-state index contributed by atoms with van der Waals surface area (Å²) in [6, 6.07) is 0.624. The lowest BCUT2D eigenvalue weighted by Crippen LogP contribution is -2.51. The summed E-state index contributed by atoms with van der Waals surface area (Å²) in [5.41, 5.74) is 0.193. The molecule has 200 valence electrons. The van der Waals surface area contributed by atoms with E-state index in [1.165, 1.54) is 10.4 Å². The van der Waals surface area contributed by atoms with Crippen LogP contribution in [0, 0.1) is 11.6 Å². The molecular weight excluding hydrogens is 506 g/mol. The third kappa shape index (κ3) is 4.58. The Morgan fingerprint density at radius 1 is 1.19 bits per heavy atom. The topological polar surface area (TPSA) is 133 Å². The number of hydrogen-bond donors (Lipinski definition) is 3. The Hall–Kier alpha value is -2.74. The number of rotatable bonds is 5. The highest BCUT2D eigenvalue weighted by molar-refractivity contribution is 7.88. The molecule has 1 saturated heterocycles. The summed E-state index contributed by atoms with van der Waals surface area (Å²) in [6.07, 6.45) is 2.58. The van der Waals surface area contributed by atoms with Crippen molar-refractivity contribution >= 4 is 27.0 Å². The van der Waals surface area contributed by atoms with Gasteiger partial charge >= 0.3 is 0 Å². The lowest BCUT2D eigenvalue weighted by molar-refractivity contribution is 0.0634. The van der Waals surface area contributed by atoms with Crippen LogP contribution in [0.15, 0.2) is 12.3 Å². The van der Waals surface area contributed by atoms with Crippen LogP contribution in [0.1, 0.15) is 51.0 Å². The van der Waals surface area contributed by atoms with E-state index < -0.39 is 39.4 Å². The normalized spacial score (nSPS) is 23.0. The molecule has 2 aliphatic rings. The van der Waals surface area contributed by atoms with Gasteiger partial charge in [0.2, 0.25) is 16.0 Å². The maximum Gasteiger partial charge on any atom is 0.223 e. The van der Waals surface area contributed by atoms with Crippen molar-refractivity contribution < 1.29 is 27.4 Å². The van der Waals surface area contributed by atoms with E-state index >= 15 is 8.78 Å². The quantitative estimate of drug-likeness (QED) is 0.453. The van der Waals surface area contributed by atoms with Gasteiger partial charge < -0.3 is 20.1 Å². The van der Waals surface area contributed by atoms with Gasteiger partial charge in [-0.3, -0.25) is 0 Å². The monoisotopic (exact) mass is 536 g/mol. The number of β-amino-alcohol motifs (C(OH)–C–C–N with tert-alkyl or cyclic N) is 1. The Balaban J connectivity index is 1.55. The molecule has 0 unspecified atom stereocenters. The molecule has 10 nitrogen and oxygen atoms in total. The number of halogens is 2. The predicted octanol–water partition coefficient (Wildman–Crippen LogP) is 2.31. The second kappa shape index (κ2) is 8.93. The number of nitrogens with zero attached hydrogens (tertiary/aromatic N) is 5. The van der Waals surface area contributed by atoms with E-state index in [1.807, 2.05) is 11.5 Å². The van der Waals surface area contributed by atoms with Gasteiger partial charge in [0.25, 0.3) is 0 Å². The Morgan fingerprint density at radius 2 is 1.92 bits per heavy atom. The number of hydrogen-bond acceptors (Lipinski definition) is 8. The fourth-order valence-corrected chi connectivity index (χ4v) is 6.13. The van der Waals surface area contributed by atoms with Crippen LogP contribution >= 0.6 is 0 Å². The maximum absolute atomic E-state index is 15.3. The van der Waals surface area contributed by atoms with Gasteiger partial charge in [0.05, 0.1) is 30.1 Å². The van der Waals surface area contributed by atoms with E-state index in [-0.39, 0.29) is 41.9 Å². The van der Waals surface area contributed by atoms with Crippen molar-refractivity contribution in [2.75, 3.05) is 24.7 Å². The number of piperidine rings is 1. The second-order valence-electron chi connectivity index (χ2n) is 10.5. The summed E-state index contributed by atoms with van der Waals surface area (Å²) >= 11 is 0. The zero-order valence-electron chi connectivity index (χ0n) is 21.0. The van der Waals surface area contributed by atoms with Gasteiger partial charge in [-0.05, 0) is 51.7 Å². The Labute approximate surface area is 213 Å². The zero-order chi connectivity index (χ0) is 26.9. The van der Waals surface area contributed by atoms with Crippen molar-refractivity contribution in [3.05, 3.63) is 35.3 Å². The molecule has 3 atom stereocenters. The second-order valence-corrected chi connectivity index (χ2v) is 12.4. The largest absolute Gasteiger partial charge is 0.390 e. The van der Waals surface area contributed by atoms with E-state index in [0.29, 0.717) is 36.2 Å². The van der Waals surface area contributed by atoms with Crippen molar-refractivity contribution in [3.8, 4) is 11.3 Å². The molecule has 2 aromatic heterocycles. The molecule has 0 amide bonds. The molecule has 1 fully saturated rings. The summed E-state index contributed by atoms with van der Waals surface area (Å²) in [7, 11) is -3.44. The molecule has 37 heavy (non-hydrogen) atoms. The number of anilines is 1. The molecule has 1 aromatic carbocycles. The molecule has 3 N–H and O–H groups in total. The lowest BCUT2D eigenvalue weighted by Gasteiger charge is -2.34. The van der Waals surface area contributed by atoms with Crippen LogP contribution in [0.4, 0.5) is 14.7 Å². The molecule has 13 heteroatoms. The molecule has 0 radical (unpaired) electrons. The van der Waals surface area contributed by atoms with Crippen LogP contribution < -0.4 is 5.32 Å². The van der Waals surface area contributed by atoms with Gasteiger partial charge in [-0.25, -0.2) is 32.2 Å². The smallest absolute Gasteiger partial charge is 0.223 e. The summed E-state index contributed by atoms with van der Waals surface area (Å²) in [4.78, 5) is 12.7. The van der Waals surface area contributed by atoms with Crippen molar-refractivity contribution in [3.63, 3.8) is 0 Å². The molecule has 3 aromatic rings. The van der Waals surface area contributed by atoms with Crippen molar-refractivity contribution in [1.82, 2.24) is 23.8 Å². The van der Waals surface area contributed by atoms with Crippen LogP contribution in [0.25, 0.3) is 22.3 Å². The fraction of sp³-hybridized carbons (Fsp3) is 0.542. The first-order chi connectivity index (χ1) is 17.3. The number of nitrogens with one attached hydrogen (secondary N) is 1. The highest BCUT2D eigenvalue weighted by atomic mass is 32.2. The van der Waals surface area contributed by atoms with Crippen LogP contribution in [0.3, 0.4) is 0 Å². The van der Waals surface area contributed by atoms with Gasteiger partial charge in [-0.1, -0.05) is 0 Å². The molecule has 5 rings (SSSR count). The molecule has 4 heterocycles. The van der Waals surface area contributed by atoms with Crippen molar-refractivity contribution in [2.45, 2.75) is 63.8 Å². The first-order valence-electron chi connectivity index (χ1n) is 12.1. The fourth-order valence-electron chi connectivity index (χ4n) is 5.27. The number of sulfonamides is 1. The average Bonchev–Trinajstić information content (AvgIpc) is 3.23. The van der Waals surface area contributed by atoms with Crippen LogP contribution in [0.5, 0.6) is 0 Å². The lowest BCUT2D eigenvalue weighted by atomic mass is 9.93. The maximum atomic E-state index is 15.3. The molecule has 0 aliphatic carbocycles. The van der Waals surface area contributed by atoms with E-state index in [4.69, 9.17) is 0 Å². The molecule has 0 bridgehead atoms. The van der Waals surface area contributed by atoms with Gasteiger partial charge in [-0.15, -0.1) is 0 Å². The molecular formula is C24H30F2N6O4S. The minimum Gasteiger partial charge on any atom is -0.390 e. The van der Waals surface area contributed by atoms with Gasteiger partial charge in [0, 0.05) is 24.7 Å². The van der Waals surface area contributed by atoms with Crippen LogP contribution in [0.2, 0.25) is 0 Å². The van der Waals surface area contributed by atoms with Crippen molar-refractivity contribution in [1.29, 1.82) is 0 Å². The minimum atomic E-state index is -3.44. The standard InChI is InChI=1S/C24H30F2N6O4S/c1-12-5-6-13-14(9-15(25)20-21(13)32(12)22(29-20)24(2,3)34)19-16(26)10-27-23(30-19)28-17-7-8-31(11-18(17)33)37(4,35)36/h9-10,12,17-18,33-34H,5-8,11H2,1-4H3,(H,27,28,30)/t12-,17+,18+/m0/s1. The van der Waals surface area contributed by atoms with Crippen molar-refractivity contribution in [2.24, 2.45) is 0 Å². The summed E-state index contributed by atoms with van der Waals surface area (Å²) in [5, 5.41) is 24.2. The zero-order valence-corrected chi connectivity index (χ0v) is 21.8. The highest BCUT2D eigenvalue weighted by Gasteiger charge is 2.35. The third-order valence-corrected chi connectivity index (χ3v) is 8.42. The Bertz CT molecular complexity index is 1490. The number of aryl methyl sites for hydroxylation is 1. The summed E-state index contributed by atoms with van der Waals surface area (Å²) in [5.74, 6) is -1.01. The molecule has 0 spiro atoms. The van der Waals surface area contributed by atoms with Gasteiger partial charge in [0.15, 0.2) is 11.6 Å². The first-order valence-corrected chi connectivity index (χ1v) is 14.0. The Kier molecular flexibility index (Phi) is 6.25. The number of aromatic nitrogens is 4. The van der Waals surface area contributed by atoms with E-state index in [9.17, 15) is 18.6 Å². The number of aliphatic hydroxyl groups is 2. The highest BCUT2D eigenvalue weighted by Crippen LogP contribution is 2.41. The predicted molar refractivity (Wildman–Crippen MR) is 133 cm³/mol. The van der Waals surface area contributed by atoms with E-state index in [2.05, 4.69) is 20.3 Å². The third-order valence-electron chi connectivity index (χ3n) is 7.15. The average molecular weight is 537 g/mol. The number of aliphatic hydroxyl groups excluding tert-OH is 1. The first kappa shape index (κ1) is 25.9. The van der Waals surface area contributed by atoms with Gasteiger partial charge in [-0.2, -0.15) is 4.31 Å². The van der Waals surface area contributed by atoms with E-state index in [0.717, 1.165) is 12.5 Å². The number of imidazole rings is 1. The van der Waals surface area contributed by atoms with Gasteiger partial charge in [0.1, 0.15) is 22.6 Å². The minimum absolute atomic E-state index is 0.0378. The number of benzene rings is 1. The summed E-state index contributed by atoms with van der Waals surface area (Å²) in [6.45, 7) is 5.28. The summed E-state index contributed by atoms with van der Waals surface area (Å²) < 4.78 is 57.0. The van der Waals surface area contributed by atoms with E-state index in [1.54, 1.807) is 13.8 Å². The molecule has 0 saturated carbocycles.